The predicted octanol–water partition coefficient (Wildman–Crippen LogP) is 3.19. The Hall–Kier alpha value is -2.12. The molecular weight excluding hydrogens is 277 g/mol. The van der Waals surface area contributed by atoms with Crippen molar-refractivity contribution in [2.24, 2.45) is 0 Å². The Morgan fingerprint density at radius 3 is 2.40 bits per heavy atom. The van der Waals surface area contributed by atoms with E-state index in [2.05, 4.69) is 0 Å². The molecule has 5 nitrogen and oxygen atoms in total. The second kappa shape index (κ2) is 5.89. The molecule has 0 saturated carbocycles. The minimum absolute atomic E-state index is 0.0378. The molecule has 1 rings (SSSR count). The first-order valence-electron chi connectivity index (χ1n) is 5.76. The Morgan fingerprint density at radius 1 is 1.40 bits per heavy atom. The first-order chi connectivity index (χ1) is 9.15. The zero-order chi connectivity index (χ0) is 15.5. The number of carbonyl (C=O) groups is 1. The molecule has 0 aliphatic heterocycles. The molecule has 0 saturated heterocycles. The molecule has 0 atom stereocenters. The number of carbonyl (C=O) groups excluding carboxylic acids is 1. The van der Waals surface area contributed by atoms with E-state index in [4.69, 9.17) is 0 Å². The highest BCUT2D eigenvalue weighted by molar-refractivity contribution is 5.98. The number of benzene rings is 1. The van der Waals surface area contributed by atoms with Crippen LogP contribution in [0.1, 0.15) is 24.2 Å². The summed E-state index contributed by atoms with van der Waals surface area (Å²) >= 11 is 0. The third-order valence-corrected chi connectivity index (χ3v) is 2.67. The maximum atomic E-state index is 12.4. The van der Waals surface area contributed by atoms with Gasteiger partial charge in [0.15, 0.2) is 5.78 Å². The third kappa shape index (κ3) is 3.94. The van der Waals surface area contributed by atoms with Crippen molar-refractivity contribution < 1.29 is 22.9 Å². The van der Waals surface area contributed by atoms with E-state index in [0.717, 1.165) is 17.9 Å². The molecule has 0 bridgehead atoms. The maximum Gasteiger partial charge on any atom is 0.405 e. The maximum absolute atomic E-state index is 12.4. The van der Waals surface area contributed by atoms with E-state index in [0.29, 0.717) is 0 Å². The highest BCUT2D eigenvalue weighted by Crippen LogP contribution is 2.28. The molecule has 0 aliphatic carbocycles. The summed E-state index contributed by atoms with van der Waals surface area (Å²) in [5.74, 6) is -0.512. The second-order valence-electron chi connectivity index (χ2n) is 4.14. The molecule has 0 N–H and O–H groups in total. The largest absolute Gasteiger partial charge is 0.405 e. The van der Waals surface area contributed by atoms with Gasteiger partial charge in [-0.15, -0.1) is 0 Å². The van der Waals surface area contributed by atoms with Gasteiger partial charge in [-0.2, -0.15) is 13.2 Å². The number of halogens is 3. The molecule has 0 aliphatic rings. The van der Waals surface area contributed by atoms with Gasteiger partial charge < -0.3 is 4.90 Å². The predicted molar refractivity (Wildman–Crippen MR) is 67.0 cm³/mol. The van der Waals surface area contributed by atoms with Crippen LogP contribution in [0.5, 0.6) is 0 Å². The molecule has 0 amide bonds. The van der Waals surface area contributed by atoms with Crippen LogP contribution >= 0.6 is 0 Å². The smallest absolute Gasteiger partial charge is 0.363 e. The first-order valence-corrected chi connectivity index (χ1v) is 5.76. The summed E-state index contributed by atoms with van der Waals surface area (Å²) in [5.41, 5.74) is -0.557. The average molecular weight is 290 g/mol. The van der Waals surface area contributed by atoms with E-state index in [1.165, 1.54) is 19.1 Å². The van der Waals surface area contributed by atoms with Crippen LogP contribution in [0.25, 0.3) is 0 Å². The quantitative estimate of drug-likeness (QED) is 0.474. The lowest BCUT2D eigenvalue weighted by molar-refractivity contribution is -0.385. The number of nitro benzene ring substituents is 1. The van der Waals surface area contributed by atoms with E-state index in [9.17, 15) is 28.1 Å². The minimum Gasteiger partial charge on any atom is -0.363 e. The van der Waals surface area contributed by atoms with Gasteiger partial charge in [-0.1, -0.05) is 0 Å². The Labute approximate surface area is 113 Å². The van der Waals surface area contributed by atoms with Crippen molar-refractivity contribution in [3.8, 4) is 0 Å². The fraction of sp³-hybridized carbons (Fsp3) is 0.417. The Morgan fingerprint density at radius 2 is 2.00 bits per heavy atom. The lowest BCUT2D eigenvalue weighted by Crippen LogP contribution is -2.34. The van der Waals surface area contributed by atoms with Crippen LogP contribution < -0.4 is 4.90 Å². The summed E-state index contributed by atoms with van der Waals surface area (Å²) < 4.78 is 37.2. The summed E-state index contributed by atoms with van der Waals surface area (Å²) in [7, 11) is 0. The van der Waals surface area contributed by atoms with Crippen molar-refractivity contribution in [2.75, 3.05) is 18.0 Å². The number of Topliss-reactive ketones (excluding diaryl/α,β-unsaturated/α-hetero) is 1. The molecular formula is C12H13F3N2O3. The van der Waals surface area contributed by atoms with E-state index in [-0.39, 0.29) is 17.8 Å². The molecule has 0 fully saturated rings. The van der Waals surface area contributed by atoms with Crippen molar-refractivity contribution in [1.29, 1.82) is 0 Å². The van der Waals surface area contributed by atoms with E-state index >= 15 is 0 Å². The first kappa shape index (κ1) is 15.9. The molecule has 1 aromatic rings. The van der Waals surface area contributed by atoms with Gasteiger partial charge in [0.2, 0.25) is 0 Å². The normalized spacial score (nSPS) is 11.2. The van der Waals surface area contributed by atoms with Crippen LogP contribution in [0, 0.1) is 10.1 Å². The molecule has 0 heterocycles. The third-order valence-electron chi connectivity index (χ3n) is 2.67. The van der Waals surface area contributed by atoms with Gasteiger partial charge in [0.25, 0.3) is 5.69 Å². The van der Waals surface area contributed by atoms with Crippen LogP contribution in [-0.4, -0.2) is 30.0 Å². The Bertz CT molecular complexity index is 529. The van der Waals surface area contributed by atoms with Gasteiger partial charge in [-0.25, -0.2) is 0 Å². The van der Waals surface area contributed by atoms with Crippen molar-refractivity contribution in [3.63, 3.8) is 0 Å². The molecule has 8 heteroatoms. The van der Waals surface area contributed by atoms with E-state index in [1.807, 2.05) is 0 Å². The topological polar surface area (TPSA) is 63.5 Å². The summed E-state index contributed by atoms with van der Waals surface area (Å²) in [6, 6.07) is 3.44. The number of ketones is 1. The van der Waals surface area contributed by atoms with Gasteiger partial charge in [-0.05, 0) is 26.0 Å². The van der Waals surface area contributed by atoms with Gasteiger partial charge in [0.05, 0.1) is 10.5 Å². The van der Waals surface area contributed by atoms with Crippen LogP contribution in [0.3, 0.4) is 0 Å². The SMILES string of the molecule is CCN(CC(F)(F)F)c1ccc(C(C)=O)c([N+](=O)[O-])c1. The van der Waals surface area contributed by atoms with Gasteiger partial charge in [-0.3, -0.25) is 14.9 Å². The minimum atomic E-state index is -4.41. The number of nitro groups is 1. The lowest BCUT2D eigenvalue weighted by Gasteiger charge is -2.24. The number of nitrogens with zero attached hydrogens (tertiary/aromatic N) is 2. The monoisotopic (exact) mass is 290 g/mol. The van der Waals surface area contributed by atoms with Crippen LogP contribution in [-0.2, 0) is 0 Å². The summed E-state index contributed by atoms with van der Waals surface area (Å²) in [4.78, 5) is 22.3. The lowest BCUT2D eigenvalue weighted by atomic mass is 10.1. The number of hydrogen-bond donors (Lipinski definition) is 0. The molecule has 0 unspecified atom stereocenters. The standard InChI is InChI=1S/C12H13F3N2O3/c1-3-16(7-12(13,14)15)9-4-5-10(8(2)18)11(6-9)17(19)20/h4-6H,3,7H2,1-2H3. The zero-order valence-electron chi connectivity index (χ0n) is 10.9. The molecule has 20 heavy (non-hydrogen) atoms. The molecule has 110 valence electrons. The number of alkyl halides is 3. The highest BCUT2D eigenvalue weighted by Gasteiger charge is 2.31. The molecule has 0 radical (unpaired) electrons. The van der Waals surface area contributed by atoms with Gasteiger partial charge in [0, 0.05) is 18.3 Å². The number of anilines is 1. The second-order valence-corrected chi connectivity index (χ2v) is 4.14. The molecule has 0 aromatic heterocycles. The summed E-state index contributed by atoms with van der Waals surface area (Å²) in [6.07, 6.45) is -4.41. The highest BCUT2D eigenvalue weighted by atomic mass is 19.4. The van der Waals surface area contributed by atoms with E-state index < -0.39 is 29.1 Å². The molecule has 1 aromatic carbocycles. The van der Waals surface area contributed by atoms with Crippen LogP contribution in [0.15, 0.2) is 18.2 Å². The van der Waals surface area contributed by atoms with Crippen molar-refractivity contribution >= 4 is 17.2 Å². The molecule has 0 spiro atoms. The van der Waals surface area contributed by atoms with Crippen molar-refractivity contribution in [2.45, 2.75) is 20.0 Å². The number of hydrogen-bond acceptors (Lipinski definition) is 4. The Kier molecular flexibility index (Phi) is 4.69. The average Bonchev–Trinajstić information content (AvgIpc) is 2.33. The fourth-order valence-electron chi connectivity index (χ4n) is 1.77. The summed E-state index contributed by atoms with van der Waals surface area (Å²) in [5, 5.41) is 10.9. The van der Waals surface area contributed by atoms with Gasteiger partial charge >= 0.3 is 6.18 Å². The number of rotatable bonds is 5. The summed E-state index contributed by atoms with van der Waals surface area (Å²) in [6.45, 7) is 1.50. The van der Waals surface area contributed by atoms with Crippen LogP contribution in [0.2, 0.25) is 0 Å². The van der Waals surface area contributed by atoms with Crippen LogP contribution in [0.4, 0.5) is 24.5 Å². The fourth-order valence-corrected chi connectivity index (χ4v) is 1.77. The Balaban J connectivity index is 3.22. The van der Waals surface area contributed by atoms with E-state index in [1.54, 1.807) is 0 Å². The zero-order valence-corrected chi connectivity index (χ0v) is 10.9. The van der Waals surface area contributed by atoms with Crippen molar-refractivity contribution in [1.82, 2.24) is 0 Å². The van der Waals surface area contributed by atoms with Gasteiger partial charge in [0.1, 0.15) is 6.54 Å². The van der Waals surface area contributed by atoms with Crippen molar-refractivity contribution in [3.05, 3.63) is 33.9 Å².